The minimum absolute atomic E-state index is 0.0969. The van der Waals surface area contributed by atoms with E-state index in [0.717, 1.165) is 6.42 Å². The number of ether oxygens (including phenoxy) is 1. The molecule has 118 valence electrons. The molecule has 2 rings (SSSR count). The van der Waals surface area contributed by atoms with Gasteiger partial charge in [-0.3, -0.25) is 14.6 Å². The number of aliphatic imine (C=N–C) groups is 1. The van der Waals surface area contributed by atoms with Crippen molar-refractivity contribution in [1.29, 1.82) is 0 Å². The van der Waals surface area contributed by atoms with E-state index in [1.165, 1.54) is 11.8 Å². The van der Waals surface area contributed by atoms with Crippen molar-refractivity contribution < 1.29 is 14.3 Å². The van der Waals surface area contributed by atoms with E-state index in [0.29, 0.717) is 23.1 Å². The normalized spacial score (nSPS) is 19.1. The first-order valence-electron chi connectivity index (χ1n) is 7.09. The van der Waals surface area contributed by atoms with Crippen LogP contribution in [0.5, 0.6) is 5.75 Å². The molecule has 0 aliphatic carbocycles. The van der Waals surface area contributed by atoms with Crippen molar-refractivity contribution in [2.45, 2.75) is 25.0 Å². The maximum Gasteiger partial charge on any atom is 0.240 e. The first-order valence-corrected chi connectivity index (χ1v) is 7.96. The molecular formula is C15H19N3O3S. The SMILES string of the molecule is CCCN=C1NC(=O)C(CC(=O)Nc2ccccc2OC)S1. The maximum absolute atomic E-state index is 12.1. The average Bonchev–Trinajstić information content (AvgIpc) is 2.85. The van der Waals surface area contributed by atoms with Crippen molar-refractivity contribution in [3.8, 4) is 5.75 Å². The van der Waals surface area contributed by atoms with Gasteiger partial charge in [0, 0.05) is 13.0 Å². The fourth-order valence-electron chi connectivity index (χ4n) is 1.95. The zero-order chi connectivity index (χ0) is 15.9. The van der Waals surface area contributed by atoms with Gasteiger partial charge in [0.05, 0.1) is 12.8 Å². The van der Waals surface area contributed by atoms with Crippen LogP contribution in [0.15, 0.2) is 29.3 Å². The van der Waals surface area contributed by atoms with Gasteiger partial charge in [0.1, 0.15) is 11.0 Å². The van der Waals surface area contributed by atoms with Gasteiger partial charge in [-0.15, -0.1) is 0 Å². The summed E-state index contributed by atoms with van der Waals surface area (Å²) in [7, 11) is 1.54. The molecule has 0 aromatic heterocycles. The van der Waals surface area contributed by atoms with Crippen molar-refractivity contribution in [1.82, 2.24) is 5.32 Å². The van der Waals surface area contributed by atoms with E-state index in [2.05, 4.69) is 15.6 Å². The Hall–Kier alpha value is -2.02. The van der Waals surface area contributed by atoms with Crippen molar-refractivity contribution >= 4 is 34.4 Å². The quantitative estimate of drug-likeness (QED) is 0.840. The minimum Gasteiger partial charge on any atom is -0.495 e. The van der Waals surface area contributed by atoms with Crippen LogP contribution in [-0.4, -0.2) is 35.9 Å². The van der Waals surface area contributed by atoms with Gasteiger partial charge < -0.3 is 15.4 Å². The van der Waals surface area contributed by atoms with Gasteiger partial charge in [0.25, 0.3) is 0 Å². The summed E-state index contributed by atoms with van der Waals surface area (Å²) in [5, 5.41) is 5.63. The number of para-hydroxylation sites is 2. The Morgan fingerprint density at radius 2 is 2.23 bits per heavy atom. The van der Waals surface area contributed by atoms with Crippen molar-refractivity contribution in [3.05, 3.63) is 24.3 Å². The third kappa shape index (κ3) is 4.24. The Kier molecular flexibility index (Phi) is 5.83. The fourth-order valence-corrected chi connectivity index (χ4v) is 2.94. The van der Waals surface area contributed by atoms with E-state index in [-0.39, 0.29) is 18.2 Å². The maximum atomic E-state index is 12.1. The summed E-state index contributed by atoms with van der Waals surface area (Å²) >= 11 is 1.30. The predicted octanol–water partition coefficient (Wildman–Crippen LogP) is 2.02. The zero-order valence-corrected chi connectivity index (χ0v) is 13.4. The van der Waals surface area contributed by atoms with Crippen LogP contribution < -0.4 is 15.4 Å². The summed E-state index contributed by atoms with van der Waals surface area (Å²) in [5.41, 5.74) is 0.596. The highest BCUT2D eigenvalue weighted by molar-refractivity contribution is 8.15. The Labute approximate surface area is 133 Å². The lowest BCUT2D eigenvalue weighted by molar-refractivity contribution is -0.122. The lowest BCUT2D eigenvalue weighted by atomic mass is 10.2. The van der Waals surface area contributed by atoms with Crippen LogP contribution in [0.1, 0.15) is 19.8 Å². The van der Waals surface area contributed by atoms with E-state index >= 15 is 0 Å². The number of anilines is 1. The summed E-state index contributed by atoms with van der Waals surface area (Å²) in [6, 6.07) is 7.16. The van der Waals surface area contributed by atoms with E-state index < -0.39 is 5.25 Å². The lowest BCUT2D eigenvalue weighted by Crippen LogP contribution is -2.28. The van der Waals surface area contributed by atoms with Crippen molar-refractivity contribution in [2.75, 3.05) is 19.0 Å². The Morgan fingerprint density at radius 1 is 1.45 bits per heavy atom. The number of hydrogen-bond acceptors (Lipinski definition) is 5. The largest absolute Gasteiger partial charge is 0.495 e. The number of carbonyl (C=O) groups excluding carboxylic acids is 2. The Balaban J connectivity index is 1.93. The van der Waals surface area contributed by atoms with Gasteiger partial charge >= 0.3 is 0 Å². The molecule has 1 aromatic carbocycles. The monoisotopic (exact) mass is 321 g/mol. The van der Waals surface area contributed by atoms with Crippen LogP contribution in [0.4, 0.5) is 5.69 Å². The van der Waals surface area contributed by atoms with Crippen LogP contribution in [0.3, 0.4) is 0 Å². The molecule has 1 aromatic rings. The Morgan fingerprint density at radius 3 is 2.95 bits per heavy atom. The van der Waals surface area contributed by atoms with Gasteiger partial charge in [-0.25, -0.2) is 0 Å². The number of carbonyl (C=O) groups is 2. The van der Waals surface area contributed by atoms with Crippen molar-refractivity contribution in [2.24, 2.45) is 4.99 Å². The summed E-state index contributed by atoms with van der Waals surface area (Å²) in [4.78, 5) is 28.2. The number of methoxy groups -OCH3 is 1. The molecule has 1 saturated heterocycles. The molecule has 1 fully saturated rings. The third-order valence-corrected chi connectivity index (χ3v) is 4.13. The molecule has 2 amide bonds. The number of rotatable bonds is 6. The van der Waals surface area contributed by atoms with Crippen molar-refractivity contribution in [3.63, 3.8) is 0 Å². The summed E-state index contributed by atoms with van der Waals surface area (Å²) in [6.07, 6.45) is 1.01. The second-order valence-corrected chi connectivity index (χ2v) is 5.93. The molecule has 1 unspecified atom stereocenters. The van der Waals surface area contributed by atoms with Gasteiger partial charge in [-0.2, -0.15) is 0 Å². The molecule has 6 nitrogen and oxygen atoms in total. The molecular weight excluding hydrogens is 302 g/mol. The van der Waals surface area contributed by atoms with Crippen LogP contribution >= 0.6 is 11.8 Å². The van der Waals surface area contributed by atoms with Gasteiger partial charge in [0.2, 0.25) is 11.8 Å². The number of thioether (sulfide) groups is 1. The van der Waals surface area contributed by atoms with Gasteiger partial charge in [-0.1, -0.05) is 30.8 Å². The average molecular weight is 321 g/mol. The van der Waals surface area contributed by atoms with Gasteiger partial charge in [-0.05, 0) is 18.6 Å². The molecule has 2 N–H and O–H groups in total. The number of benzene rings is 1. The van der Waals surface area contributed by atoms with E-state index in [1.54, 1.807) is 19.2 Å². The topological polar surface area (TPSA) is 79.8 Å². The van der Waals surface area contributed by atoms with E-state index in [1.807, 2.05) is 19.1 Å². The molecule has 1 aliphatic rings. The third-order valence-electron chi connectivity index (χ3n) is 3.01. The summed E-state index contributed by atoms with van der Waals surface area (Å²) < 4.78 is 5.18. The number of amidine groups is 1. The smallest absolute Gasteiger partial charge is 0.240 e. The number of nitrogens with one attached hydrogen (secondary N) is 2. The highest BCUT2D eigenvalue weighted by Crippen LogP contribution is 2.26. The molecule has 7 heteroatoms. The van der Waals surface area contributed by atoms with Crippen LogP contribution in [0.2, 0.25) is 0 Å². The van der Waals surface area contributed by atoms with Crippen LogP contribution in [0.25, 0.3) is 0 Å². The molecule has 1 aliphatic heterocycles. The molecule has 22 heavy (non-hydrogen) atoms. The first-order chi connectivity index (χ1) is 10.6. The summed E-state index contributed by atoms with van der Waals surface area (Å²) in [6.45, 7) is 2.69. The second kappa shape index (κ2) is 7.84. The minimum atomic E-state index is -0.440. The summed E-state index contributed by atoms with van der Waals surface area (Å²) in [5.74, 6) is 0.188. The molecule has 0 bridgehead atoms. The van der Waals surface area contributed by atoms with Crippen LogP contribution in [0, 0.1) is 0 Å². The molecule has 0 spiro atoms. The van der Waals surface area contributed by atoms with E-state index in [9.17, 15) is 9.59 Å². The number of amides is 2. The highest BCUT2D eigenvalue weighted by atomic mass is 32.2. The molecule has 1 atom stereocenters. The predicted molar refractivity (Wildman–Crippen MR) is 88.4 cm³/mol. The Bertz CT molecular complexity index is 589. The standard InChI is InChI=1S/C15H19N3O3S/c1-3-8-16-15-18-14(20)12(22-15)9-13(19)17-10-6-4-5-7-11(10)21-2/h4-7,12H,3,8-9H2,1-2H3,(H,17,19)(H,16,18,20). The second-order valence-electron chi connectivity index (χ2n) is 4.74. The number of nitrogens with zero attached hydrogens (tertiary/aromatic N) is 1. The highest BCUT2D eigenvalue weighted by Gasteiger charge is 2.32. The zero-order valence-electron chi connectivity index (χ0n) is 12.6. The number of hydrogen-bond donors (Lipinski definition) is 2. The molecule has 0 radical (unpaired) electrons. The fraction of sp³-hybridized carbons (Fsp3) is 0.400. The first kappa shape index (κ1) is 16.4. The van der Waals surface area contributed by atoms with Crippen LogP contribution in [-0.2, 0) is 9.59 Å². The molecule has 1 heterocycles. The van der Waals surface area contributed by atoms with Gasteiger partial charge in [0.15, 0.2) is 5.17 Å². The molecule has 0 saturated carbocycles. The lowest BCUT2D eigenvalue weighted by Gasteiger charge is -2.10. The van der Waals surface area contributed by atoms with E-state index in [4.69, 9.17) is 4.74 Å².